The minimum absolute atomic E-state index is 0.148. The number of ether oxygens (including phenoxy) is 1. The van der Waals surface area contributed by atoms with E-state index in [1.807, 2.05) is 101 Å². The Morgan fingerprint density at radius 1 is 0.878 bits per heavy atom. The fourth-order valence-corrected chi connectivity index (χ4v) is 6.57. The van der Waals surface area contributed by atoms with Gasteiger partial charge in [0.05, 0.1) is 43.9 Å². The van der Waals surface area contributed by atoms with Crippen molar-refractivity contribution in [1.29, 1.82) is 0 Å². The Bertz CT molecular complexity index is 1910. The number of carbonyl (C=O) groups is 2. The van der Waals surface area contributed by atoms with Gasteiger partial charge in [0.1, 0.15) is 11.3 Å². The molecule has 2 aromatic carbocycles. The van der Waals surface area contributed by atoms with Gasteiger partial charge in [-0.1, -0.05) is 88.7 Å². The van der Waals surface area contributed by atoms with E-state index in [1.54, 1.807) is 6.20 Å². The Morgan fingerprint density at radius 3 is 2.06 bits per heavy atom. The summed E-state index contributed by atoms with van der Waals surface area (Å²) in [6.45, 7) is 1.97. The molecule has 0 aliphatic carbocycles. The van der Waals surface area contributed by atoms with Gasteiger partial charge in [0.25, 0.3) is 0 Å². The average Bonchev–Trinajstić information content (AvgIpc) is 3.77. The number of nitrogens with two attached hydrogens (primary N) is 1. The van der Waals surface area contributed by atoms with Crippen LogP contribution in [0, 0.1) is 0 Å². The van der Waals surface area contributed by atoms with Gasteiger partial charge in [-0.05, 0) is 60.1 Å². The fraction of sp³-hybridized carbons (Fsp3) is 0.282. The van der Waals surface area contributed by atoms with Gasteiger partial charge in [-0.25, -0.2) is 9.97 Å². The van der Waals surface area contributed by atoms with E-state index in [-0.39, 0.29) is 17.8 Å². The number of alkyl halides is 1. The number of imidazole rings is 2. The standard InChI is InChI=1S/C19H19N3O.C12H15BrO2.C8H9N3/c23-19-12-16(15-6-2-1-3-7-15)9-11-21(19)14-17-13-20-18-8-4-5-10-22(17)18;1-15-12(14)9-11(7-8-13)10-5-3-2-4-6-10;9-5-7-6-10-8-3-1-2-4-11(7)8/h1-8,10,13,16H,9,11-12,14H2;2-6,11H,7-9H2,1H3;1-4,6H,5,9H2. The molecule has 1 amide bonds. The fourth-order valence-electron chi connectivity index (χ4n) is 6.02. The zero-order valence-corrected chi connectivity index (χ0v) is 29.4. The number of piperidine rings is 1. The topological polar surface area (TPSA) is 107 Å². The summed E-state index contributed by atoms with van der Waals surface area (Å²) in [7, 11) is 1.43. The number of likely N-dealkylation sites (tertiary alicyclic amines) is 1. The first-order valence-corrected chi connectivity index (χ1v) is 17.6. The third-order valence-electron chi connectivity index (χ3n) is 8.71. The van der Waals surface area contributed by atoms with Gasteiger partial charge in [0, 0.05) is 37.2 Å². The molecule has 0 spiro atoms. The number of fused-ring (bicyclic) bond motifs is 2. The molecule has 7 rings (SSSR count). The summed E-state index contributed by atoms with van der Waals surface area (Å²) >= 11 is 3.41. The molecule has 2 N–H and O–H groups in total. The monoisotopic (exact) mass is 722 g/mol. The number of methoxy groups -OCH3 is 1. The van der Waals surface area contributed by atoms with Gasteiger partial charge in [-0.15, -0.1) is 0 Å². The summed E-state index contributed by atoms with van der Waals surface area (Å²) < 4.78 is 8.73. The van der Waals surface area contributed by atoms with E-state index in [0.717, 1.165) is 47.4 Å². The van der Waals surface area contributed by atoms with Gasteiger partial charge >= 0.3 is 5.97 Å². The maximum Gasteiger partial charge on any atom is 0.306 e. The maximum absolute atomic E-state index is 12.5. The minimum atomic E-state index is -0.148. The first-order valence-electron chi connectivity index (χ1n) is 16.5. The molecule has 1 saturated heterocycles. The molecule has 9 nitrogen and oxygen atoms in total. The van der Waals surface area contributed by atoms with Crippen LogP contribution in [0.5, 0.6) is 0 Å². The lowest BCUT2D eigenvalue weighted by Crippen LogP contribution is -2.37. The molecule has 1 aliphatic rings. The molecule has 1 fully saturated rings. The number of nitrogens with zero attached hydrogens (tertiary/aromatic N) is 5. The van der Waals surface area contributed by atoms with Crippen molar-refractivity contribution < 1.29 is 14.3 Å². The largest absolute Gasteiger partial charge is 0.469 e. The van der Waals surface area contributed by atoms with Gasteiger partial charge in [0.15, 0.2) is 0 Å². The number of esters is 1. The number of benzene rings is 2. The van der Waals surface area contributed by atoms with Crippen molar-refractivity contribution in [3.05, 3.63) is 144 Å². The lowest BCUT2D eigenvalue weighted by Gasteiger charge is -2.31. The molecular weight excluding hydrogens is 680 g/mol. The van der Waals surface area contributed by atoms with Crippen LogP contribution in [0.25, 0.3) is 11.3 Å². The van der Waals surface area contributed by atoms with Crippen molar-refractivity contribution in [1.82, 2.24) is 23.7 Å². The van der Waals surface area contributed by atoms with Gasteiger partial charge < -0.3 is 24.2 Å². The molecule has 1 aliphatic heterocycles. The van der Waals surface area contributed by atoms with Crippen LogP contribution in [0.15, 0.2) is 122 Å². The highest BCUT2D eigenvalue weighted by atomic mass is 79.9. The Kier molecular flexibility index (Phi) is 13.1. The average molecular weight is 724 g/mol. The highest BCUT2D eigenvalue weighted by Gasteiger charge is 2.27. The van der Waals surface area contributed by atoms with Crippen molar-refractivity contribution in [3.63, 3.8) is 0 Å². The number of hydrogen-bond acceptors (Lipinski definition) is 6. The molecule has 49 heavy (non-hydrogen) atoms. The van der Waals surface area contributed by atoms with E-state index >= 15 is 0 Å². The number of carbonyl (C=O) groups excluding carboxylic acids is 2. The predicted molar refractivity (Wildman–Crippen MR) is 196 cm³/mol. The third-order valence-corrected chi connectivity index (χ3v) is 9.17. The van der Waals surface area contributed by atoms with E-state index in [0.29, 0.717) is 31.8 Å². The lowest BCUT2D eigenvalue weighted by molar-refractivity contribution is -0.141. The molecule has 0 bridgehead atoms. The van der Waals surface area contributed by atoms with Crippen molar-refractivity contribution in [2.24, 2.45) is 5.73 Å². The normalized spacial score (nSPS) is 14.8. The van der Waals surface area contributed by atoms with Gasteiger partial charge in [-0.3, -0.25) is 9.59 Å². The molecule has 0 saturated carbocycles. The number of rotatable bonds is 9. The summed E-state index contributed by atoms with van der Waals surface area (Å²) in [5.74, 6) is 0.681. The number of aromatic nitrogens is 4. The number of amides is 1. The maximum atomic E-state index is 12.5. The quantitative estimate of drug-likeness (QED) is 0.126. The van der Waals surface area contributed by atoms with Crippen LogP contribution in [0.4, 0.5) is 0 Å². The van der Waals surface area contributed by atoms with Crippen molar-refractivity contribution in [2.75, 3.05) is 19.0 Å². The van der Waals surface area contributed by atoms with Crippen LogP contribution in [0.2, 0.25) is 0 Å². The minimum Gasteiger partial charge on any atom is -0.469 e. The number of hydrogen-bond donors (Lipinski definition) is 1. The van der Waals surface area contributed by atoms with Gasteiger partial charge in [-0.2, -0.15) is 0 Å². The summed E-state index contributed by atoms with van der Waals surface area (Å²) in [5, 5.41) is 0.892. The van der Waals surface area contributed by atoms with E-state index in [1.165, 1.54) is 18.2 Å². The summed E-state index contributed by atoms with van der Waals surface area (Å²) in [6.07, 6.45) is 10.6. The Morgan fingerprint density at radius 2 is 1.47 bits per heavy atom. The van der Waals surface area contributed by atoms with Crippen molar-refractivity contribution in [2.45, 2.75) is 50.6 Å². The van der Waals surface area contributed by atoms with Crippen LogP contribution < -0.4 is 5.73 Å². The first-order chi connectivity index (χ1) is 24.0. The molecule has 10 heteroatoms. The molecule has 4 aromatic heterocycles. The van der Waals surface area contributed by atoms with E-state index in [4.69, 9.17) is 10.5 Å². The second-order valence-electron chi connectivity index (χ2n) is 11.8. The zero-order chi connectivity index (χ0) is 34.4. The molecule has 0 radical (unpaired) electrons. The Labute approximate surface area is 295 Å². The number of pyridine rings is 2. The molecule has 2 atom stereocenters. The smallest absolute Gasteiger partial charge is 0.306 e. The van der Waals surface area contributed by atoms with E-state index < -0.39 is 0 Å². The van der Waals surface area contributed by atoms with Crippen molar-refractivity contribution in [3.8, 4) is 0 Å². The van der Waals surface area contributed by atoms with Gasteiger partial charge in [0.2, 0.25) is 5.91 Å². The van der Waals surface area contributed by atoms with Crippen LogP contribution in [0.1, 0.15) is 60.0 Å². The Balaban J connectivity index is 0.000000155. The van der Waals surface area contributed by atoms with E-state index in [2.05, 4.69) is 54.6 Å². The zero-order valence-electron chi connectivity index (χ0n) is 27.8. The second kappa shape index (κ2) is 18.1. The van der Waals surface area contributed by atoms with Crippen molar-refractivity contribution >= 4 is 39.1 Å². The molecular formula is C39H43BrN6O3. The molecule has 5 heterocycles. The lowest BCUT2D eigenvalue weighted by atomic mass is 9.89. The second-order valence-corrected chi connectivity index (χ2v) is 12.6. The first kappa shape index (κ1) is 35.5. The molecule has 6 aromatic rings. The van der Waals surface area contributed by atoms with Crippen LogP contribution >= 0.6 is 15.9 Å². The Hall–Kier alpha value is -4.80. The predicted octanol–water partition coefficient (Wildman–Crippen LogP) is 7.15. The summed E-state index contributed by atoms with van der Waals surface area (Å²) in [6, 6.07) is 32.3. The van der Waals surface area contributed by atoms with Crippen LogP contribution in [-0.4, -0.2) is 54.5 Å². The SMILES string of the molecule is COC(=O)CC(CCBr)c1ccccc1.NCc1cnc2ccccn12.O=C1CC(c2ccccc2)CCN1Cc1cnc2ccccn12. The highest BCUT2D eigenvalue weighted by Crippen LogP contribution is 2.29. The number of halogens is 1. The van der Waals surface area contributed by atoms with Crippen LogP contribution in [-0.2, 0) is 27.4 Å². The summed E-state index contributed by atoms with van der Waals surface area (Å²) in [4.78, 5) is 34.3. The van der Waals surface area contributed by atoms with Crippen LogP contribution in [0.3, 0.4) is 0 Å². The third kappa shape index (κ3) is 9.64. The molecule has 254 valence electrons. The van der Waals surface area contributed by atoms with E-state index in [9.17, 15) is 9.59 Å². The summed E-state index contributed by atoms with van der Waals surface area (Å²) in [5.41, 5.74) is 12.0. The highest BCUT2D eigenvalue weighted by molar-refractivity contribution is 9.09. The molecule has 2 unspecified atom stereocenters.